The normalized spacial score (nSPS) is 15.7. The lowest BCUT2D eigenvalue weighted by Crippen LogP contribution is -2.44. The minimum atomic E-state index is 0.0683. The van der Waals surface area contributed by atoms with Gasteiger partial charge in [-0.25, -0.2) is 0 Å². The molecule has 0 saturated heterocycles. The number of rotatable bonds is 4. The minimum absolute atomic E-state index is 0.0683. The fraction of sp³-hybridized carbons (Fsp3) is 0.292. The van der Waals surface area contributed by atoms with Crippen LogP contribution in [-0.2, 0) is 13.0 Å². The zero-order valence-electron chi connectivity index (χ0n) is 17.2. The van der Waals surface area contributed by atoms with Gasteiger partial charge in [-0.3, -0.25) is 0 Å². The summed E-state index contributed by atoms with van der Waals surface area (Å²) in [6.07, 6.45) is 3.12. The summed E-state index contributed by atoms with van der Waals surface area (Å²) in [5.74, 6) is 0.861. The van der Waals surface area contributed by atoms with Crippen molar-refractivity contribution < 1.29 is 4.74 Å². The number of hydrogen-bond donors (Lipinski definition) is 1. The van der Waals surface area contributed by atoms with Gasteiger partial charge in [0.25, 0.3) is 0 Å². The smallest absolute Gasteiger partial charge is 0.174 e. The summed E-state index contributed by atoms with van der Waals surface area (Å²) in [5.41, 5.74) is 6.09. The van der Waals surface area contributed by atoms with Crippen molar-refractivity contribution in [2.75, 3.05) is 19.0 Å². The molecule has 1 unspecified atom stereocenters. The first-order chi connectivity index (χ1) is 14.1. The number of nitrogens with zero attached hydrogens (tertiary/aromatic N) is 2. The highest BCUT2D eigenvalue weighted by Crippen LogP contribution is 2.34. The number of anilines is 1. The number of hydrogen-bond acceptors (Lipinski definition) is 2. The van der Waals surface area contributed by atoms with E-state index >= 15 is 0 Å². The highest BCUT2D eigenvalue weighted by molar-refractivity contribution is 7.80. The van der Waals surface area contributed by atoms with Crippen LogP contribution in [0.2, 0.25) is 0 Å². The average molecular weight is 406 g/mol. The van der Waals surface area contributed by atoms with Crippen LogP contribution in [0.1, 0.15) is 35.3 Å². The molecule has 4 nitrogen and oxygen atoms in total. The van der Waals surface area contributed by atoms with Crippen LogP contribution < -0.4 is 10.1 Å². The first kappa shape index (κ1) is 19.5. The highest BCUT2D eigenvalue weighted by atomic mass is 32.1. The van der Waals surface area contributed by atoms with Gasteiger partial charge in [0.1, 0.15) is 5.75 Å². The molecule has 0 amide bonds. The third kappa shape index (κ3) is 3.75. The van der Waals surface area contributed by atoms with Crippen molar-refractivity contribution in [1.29, 1.82) is 0 Å². The minimum Gasteiger partial charge on any atom is -0.497 e. The topological polar surface area (TPSA) is 29.4 Å². The molecule has 0 spiro atoms. The number of para-hydroxylation sites is 1. The second kappa shape index (κ2) is 8.29. The lowest BCUT2D eigenvalue weighted by molar-refractivity contribution is 0.293. The molecule has 5 heteroatoms. The molecule has 1 aliphatic heterocycles. The molecular weight excluding hydrogens is 378 g/mol. The quantitative estimate of drug-likeness (QED) is 0.607. The summed E-state index contributed by atoms with van der Waals surface area (Å²) in [5, 5.41) is 4.33. The van der Waals surface area contributed by atoms with Crippen LogP contribution in [0.3, 0.4) is 0 Å². The summed E-state index contributed by atoms with van der Waals surface area (Å²) in [6.45, 7) is 6.09. The van der Waals surface area contributed by atoms with E-state index in [9.17, 15) is 0 Å². The van der Waals surface area contributed by atoms with Gasteiger partial charge in [-0.1, -0.05) is 37.3 Å². The Morgan fingerprint density at radius 3 is 2.62 bits per heavy atom. The molecule has 0 saturated carbocycles. The largest absolute Gasteiger partial charge is 0.497 e. The van der Waals surface area contributed by atoms with E-state index in [0.29, 0.717) is 0 Å². The van der Waals surface area contributed by atoms with Gasteiger partial charge in [-0.2, -0.15) is 0 Å². The molecule has 3 aromatic rings. The first-order valence-corrected chi connectivity index (χ1v) is 10.5. The molecule has 1 atom stereocenters. The van der Waals surface area contributed by atoms with Gasteiger partial charge in [0.05, 0.1) is 13.2 Å². The molecule has 1 aliphatic rings. The summed E-state index contributed by atoms with van der Waals surface area (Å²) in [4.78, 5) is 2.30. The van der Waals surface area contributed by atoms with Gasteiger partial charge in [0.2, 0.25) is 0 Å². The lowest BCUT2D eigenvalue weighted by atomic mass is 10.00. The summed E-state index contributed by atoms with van der Waals surface area (Å²) in [6, 6.07) is 19.1. The molecule has 1 N–H and O–H groups in total. The van der Waals surface area contributed by atoms with Crippen LogP contribution in [0.15, 0.2) is 60.8 Å². The van der Waals surface area contributed by atoms with Crippen molar-refractivity contribution in [3.05, 3.63) is 83.2 Å². The van der Waals surface area contributed by atoms with E-state index in [4.69, 9.17) is 17.0 Å². The van der Waals surface area contributed by atoms with Crippen LogP contribution in [0.4, 0.5) is 5.69 Å². The number of ether oxygens (including phenoxy) is 1. The second-order valence-electron chi connectivity index (χ2n) is 7.39. The number of methoxy groups -OCH3 is 1. The molecule has 2 heterocycles. The molecule has 0 bridgehead atoms. The van der Waals surface area contributed by atoms with Gasteiger partial charge < -0.3 is 19.5 Å². The Labute approximate surface area is 178 Å². The van der Waals surface area contributed by atoms with Gasteiger partial charge >= 0.3 is 0 Å². The maximum atomic E-state index is 5.93. The van der Waals surface area contributed by atoms with E-state index in [1.165, 1.54) is 22.4 Å². The van der Waals surface area contributed by atoms with Gasteiger partial charge in [0.15, 0.2) is 5.11 Å². The predicted octanol–water partition coefficient (Wildman–Crippen LogP) is 5.17. The Morgan fingerprint density at radius 1 is 1.10 bits per heavy atom. The zero-order chi connectivity index (χ0) is 20.4. The monoisotopic (exact) mass is 405 g/mol. The molecule has 0 radical (unpaired) electrons. The van der Waals surface area contributed by atoms with Crippen molar-refractivity contribution in [1.82, 2.24) is 9.47 Å². The molecule has 150 valence electrons. The van der Waals surface area contributed by atoms with Crippen molar-refractivity contribution in [2.24, 2.45) is 0 Å². The lowest BCUT2D eigenvalue weighted by Gasteiger charge is -2.39. The molecule has 29 heavy (non-hydrogen) atoms. The SMILES string of the molecule is CCc1cccc(C)c1NC(=S)N1CCn2cccc2C1c1ccc(OC)cc1. The fourth-order valence-corrected chi connectivity index (χ4v) is 4.42. The zero-order valence-corrected chi connectivity index (χ0v) is 18.0. The molecule has 0 aliphatic carbocycles. The maximum Gasteiger partial charge on any atom is 0.174 e. The van der Waals surface area contributed by atoms with E-state index in [2.05, 4.69) is 77.3 Å². The summed E-state index contributed by atoms with van der Waals surface area (Å²) < 4.78 is 7.66. The predicted molar refractivity (Wildman–Crippen MR) is 123 cm³/mol. The molecular formula is C24H27N3OS. The third-order valence-corrected chi connectivity index (χ3v) is 6.04. The van der Waals surface area contributed by atoms with Crippen molar-refractivity contribution >= 4 is 23.0 Å². The van der Waals surface area contributed by atoms with Crippen LogP contribution in [0.25, 0.3) is 0 Å². The van der Waals surface area contributed by atoms with E-state index in [0.717, 1.165) is 36.1 Å². The number of benzene rings is 2. The number of thiocarbonyl (C=S) groups is 1. The average Bonchev–Trinajstić information content (AvgIpc) is 3.23. The van der Waals surface area contributed by atoms with Crippen LogP contribution in [0, 0.1) is 6.92 Å². The summed E-state index contributed by atoms with van der Waals surface area (Å²) in [7, 11) is 1.69. The van der Waals surface area contributed by atoms with Crippen LogP contribution in [-0.4, -0.2) is 28.2 Å². The molecule has 0 fully saturated rings. The number of aryl methyl sites for hydroxylation is 2. The van der Waals surface area contributed by atoms with Crippen molar-refractivity contribution in [2.45, 2.75) is 32.9 Å². The highest BCUT2D eigenvalue weighted by Gasteiger charge is 2.30. The molecule has 2 aromatic carbocycles. The number of aromatic nitrogens is 1. The Morgan fingerprint density at radius 2 is 1.90 bits per heavy atom. The van der Waals surface area contributed by atoms with E-state index < -0.39 is 0 Å². The van der Waals surface area contributed by atoms with E-state index in [1.54, 1.807) is 7.11 Å². The Bertz CT molecular complexity index is 1010. The van der Waals surface area contributed by atoms with E-state index in [1.807, 2.05) is 12.1 Å². The third-order valence-electron chi connectivity index (χ3n) is 5.70. The number of nitrogens with one attached hydrogen (secondary N) is 1. The fourth-order valence-electron chi connectivity index (χ4n) is 4.12. The second-order valence-corrected chi connectivity index (χ2v) is 7.77. The first-order valence-electron chi connectivity index (χ1n) is 10.1. The Hall–Kier alpha value is -2.79. The van der Waals surface area contributed by atoms with Crippen molar-refractivity contribution in [3.63, 3.8) is 0 Å². The van der Waals surface area contributed by atoms with Crippen LogP contribution >= 0.6 is 12.2 Å². The van der Waals surface area contributed by atoms with Gasteiger partial charge in [0, 0.05) is 30.7 Å². The standard InChI is InChI=1S/C24H27N3OS/c1-4-18-8-5-7-17(2)22(18)25-24(29)27-16-15-26-14-6-9-21(26)23(27)19-10-12-20(28-3)13-11-19/h5-14,23H,4,15-16H2,1-3H3,(H,25,29). The van der Waals surface area contributed by atoms with Gasteiger partial charge in [-0.15, -0.1) is 0 Å². The number of fused-ring (bicyclic) bond motifs is 1. The van der Waals surface area contributed by atoms with Crippen LogP contribution in [0.5, 0.6) is 5.75 Å². The molecule has 4 rings (SSSR count). The summed E-state index contributed by atoms with van der Waals surface area (Å²) >= 11 is 5.93. The molecule has 1 aromatic heterocycles. The van der Waals surface area contributed by atoms with Crippen molar-refractivity contribution in [3.8, 4) is 5.75 Å². The Balaban J connectivity index is 1.69. The maximum absolute atomic E-state index is 5.93. The van der Waals surface area contributed by atoms with Gasteiger partial charge in [-0.05, 0) is 66.5 Å². The van der Waals surface area contributed by atoms with E-state index in [-0.39, 0.29) is 6.04 Å². The Kier molecular flexibility index (Phi) is 5.58.